The number of aliphatic hydroxyl groups is 1. The van der Waals surface area contributed by atoms with E-state index in [-0.39, 0.29) is 5.97 Å². The summed E-state index contributed by atoms with van der Waals surface area (Å²) < 4.78 is 7.13. The number of hydrogen-bond acceptors (Lipinski definition) is 7. The zero-order valence-electron chi connectivity index (χ0n) is 14.3. The van der Waals surface area contributed by atoms with Gasteiger partial charge < -0.3 is 14.7 Å². The maximum Gasteiger partial charge on any atom is 0.343 e. The lowest BCUT2D eigenvalue weighted by Gasteiger charge is -2.40. The van der Waals surface area contributed by atoms with E-state index in [1.807, 2.05) is 24.8 Å². The van der Waals surface area contributed by atoms with Crippen LogP contribution in [0.3, 0.4) is 0 Å². The van der Waals surface area contributed by atoms with Gasteiger partial charge in [-0.25, -0.2) is 14.5 Å². The van der Waals surface area contributed by atoms with Crippen LogP contribution in [-0.2, 0) is 16.9 Å². The summed E-state index contributed by atoms with van der Waals surface area (Å²) in [4.78, 5) is 18.8. The Bertz CT molecular complexity index is 805. The molecule has 2 aliphatic rings. The number of fused-ring (bicyclic) bond motifs is 1. The summed E-state index contributed by atoms with van der Waals surface area (Å²) in [7, 11) is 0. The Hall–Kier alpha value is -2.48. The summed E-state index contributed by atoms with van der Waals surface area (Å²) in [5, 5.41) is 18.7. The van der Waals surface area contributed by atoms with Gasteiger partial charge in [0.25, 0.3) is 0 Å². The second-order valence-electron chi connectivity index (χ2n) is 7.31. The van der Waals surface area contributed by atoms with Crippen molar-refractivity contribution in [2.45, 2.75) is 44.4 Å². The van der Waals surface area contributed by atoms with Crippen LogP contribution in [0, 0.1) is 0 Å². The Morgan fingerprint density at radius 1 is 1.36 bits per heavy atom. The average Bonchev–Trinajstić information content (AvgIpc) is 3.13. The van der Waals surface area contributed by atoms with Gasteiger partial charge in [0.15, 0.2) is 0 Å². The third-order valence-electron chi connectivity index (χ3n) is 4.91. The number of carbonyl (C=O) groups excluding carboxylic acids is 1. The molecule has 132 valence electrons. The minimum Gasteiger partial charge on any atom is -0.451 e. The van der Waals surface area contributed by atoms with E-state index in [2.05, 4.69) is 15.3 Å². The molecule has 0 aromatic carbocycles. The molecule has 25 heavy (non-hydrogen) atoms. The van der Waals surface area contributed by atoms with Crippen LogP contribution in [0.2, 0.25) is 0 Å². The number of piperidine rings is 1. The van der Waals surface area contributed by atoms with Crippen LogP contribution in [0.5, 0.6) is 0 Å². The molecule has 8 nitrogen and oxygen atoms in total. The van der Waals surface area contributed by atoms with Crippen LogP contribution < -0.4 is 4.90 Å². The summed E-state index contributed by atoms with van der Waals surface area (Å²) >= 11 is 0. The SMILES string of the molecule is CC1(C)OC(=O)c2c1ccnc2N1CCCC(O)(Cn2ccnn2)C1. The van der Waals surface area contributed by atoms with E-state index in [4.69, 9.17) is 4.74 Å². The number of anilines is 1. The van der Waals surface area contributed by atoms with Gasteiger partial charge in [-0.05, 0) is 32.8 Å². The van der Waals surface area contributed by atoms with Gasteiger partial charge in [-0.1, -0.05) is 5.21 Å². The highest BCUT2D eigenvalue weighted by atomic mass is 16.6. The molecule has 1 saturated heterocycles. The van der Waals surface area contributed by atoms with Crippen LogP contribution in [0.1, 0.15) is 42.6 Å². The number of carbonyl (C=O) groups is 1. The van der Waals surface area contributed by atoms with Crippen molar-refractivity contribution in [1.29, 1.82) is 0 Å². The van der Waals surface area contributed by atoms with Crippen molar-refractivity contribution in [3.05, 3.63) is 35.8 Å². The van der Waals surface area contributed by atoms with Crippen LogP contribution >= 0.6 is 0 Å². The zero-order valence-corrected chi connectivity index (χ0v) is 14.3. The van der Waals surface area contributed by atoms with E-state index < -0.39 is 11.2 Å². The normalized spacial score (nSPS) is 24.9. The summed E-state index contributed by atoms with van der Waals surface area (Å²) in [6.45, 7) is 5.21. The van der Waals surface area contributed by atoms with E-state index in [0.29, 0.717) is 30.9 Å². The summed E-state index contributed by atoms with van der Waals surface area (Å²) in [5.74, 6) is 0.235. The molecule has 4 rings (SSSR count). The molecule has 0 spiro atoms. The lowest BCUT2D eigenvalue weighted by atomic mass is 9.91. The van der Waals surface area contributed by atoms with Crippen molar-refractivity contribution < 1.29 is 14.6 Å². The number of pyridine rings is 1. The fourth-order valence-electron chi connectivity index (χ4n) is 3.77. The molecule has 2 aromatic rings. The lowest BCUT2D eigenvalue weighted by molar-refractivity contribution is 0.00509. The largest absolute Gasteiger partial charge is 0.451 e. The highest BCUT2D eigenvalue weighted by Gasteiger charge is 2.43. The number of ether oxygens (including phenoxy) is 1. The van der Waals surface area contributed by atoms with Gasteiger partial charge in [0.2, 0.25) is 0 Å². The second-order valence-corrected chi connectivity index (χ2v) is 7.31. The number of esters is 1. The van der Waals surface area contributed by atoms with Gasteiger partial charge in [-0.2, -0.15) is 0 Å². The molecular weight excluding hydrogens is 322 g/mol. The average molecular weight is 343 g/mol. The molecule has 1 atom stereocenters. The number of aromatic nitrogens is 4. The highest BCUT2D eigenvalue weighted by Crippen LogP contribution is 2.40. The van der Waals surface area contributed by atoms with Crippen LogP contribution in [-0.4, -0.2) is 49.7 Å². The van der Waals surface area contributed by atoms with Gasteiger partial charge in [-0.15, -0.1) is 5.10 Å². The Morgan fingerprint density at radius 2 is 2.20 bits per heavy atom. The molecule has 0 saturated carbocycles. The monoisotopic (exact) mass is 343 g/mol. The maximum absolute atomic E-state index is 12.4. The van der Waals surface area contributed by atoms with Crippen molar-refractivity contribution in [1.82, 2.24) is 20.0 Å². The van der Waals surface area contributed by atoms with E-state index in [9.17, 15) is 9.90 Å². The molecule has 8 heteroatoms. The highest BCUT2D eigenvalue weighted by molar-refractivity contribution is 5.99. The fourth-order valence-corrected chi connectivity index (χ4v) is 3.77. The number of cyclic esters (lactones) is 1. The van der Waals surface area contributed by atoms with Crippen molar-refractivity contribution >= 4 is 11.8 Å². The summed E-state index contributed by atoms with van der Waals surface area (Å²) in [6, 6.07) is 1.83. The Morgan fingerprint density at radius 3 is 2.96 bits per heavy atom. The summed E-state index contributed by atoms with van der Waals surface area (Å²) in [6.07, 6.45) is 6.48. The van der Waals surface area contributed by atoms with Gasteiger partial charge >= 0.3 is 5.97 Å². The van der Waals surface area contributed by atoms with Crippen LogP contribution in [0.25, 0.3) is 0 Å². The minimum absolute atomic E-state index is 0.353. The first-order valence-electron chi connectivity index (χ1n) is 8.42. The van der Waals surface area contributed by atoms with Crippen LogP contribution in [0.15, 0.2) is 24.7 Å². The Balaban J connectivity index is 1.65. The third kappa shape index (κ3) is 2.76. The smallest absolute Gasteiger partial charge is 0.343 e. The number of nitrogens with zero attached hydrogens (tertiary/aromatic N) is 5. The van der Waals surface area contributed by atoms with Crippen LogP contribution in [0.4, 0.5) is 5.82 Å². The van der Waals surface area contributed by atoms with E-state index in [0.717, 1.165) is 18.5 Å². The maximum atomic E-state index is 12.4. The molecule has 0 aliphatic carbocycles. The standard InChI is InChI=1S/C17H21N5O3/c1-16(2)12-4-6-18-14(13(12)15(23)25-16)21-8-3-5-17(24,10-21)11-22-9-7-19-20-22/h4,6-7,9,24H,3,5,8,10-11H2,1-2H3. The third-order valence-corrected chi connectivity index (χ3v) is 4.91. The van der Waals surface area contributed by atoms with Gasteiger partial charge in [0.05, 0.1) is 12.7 Å². The van der Waals surface area contributed by atoms with Crippen molar-refractivity contribution in [3.63, 3.8) is 0 Å². The molecule has 2 aliphatic heterocycles. The predicted molar refractivity (Wildman–Crippen MR) is 89.1 cm³/mol. The molecule has 2 aromatic heterocycles. The zero-order chi connectivity index (χ0) is 17.7. The van der Waals surface area contributed by atoms with Crippen molar-refractivity contribution in [2.75, 3.05) is 18.0 Å². The summed E-state index contributed by atoms with van der Waals surface area (Å²) in [5.41, 5.74) is -0.254. The minimum atomic E-state index is -0.950. The molecule has 1 fully saturated rings. The molecular formula is C17H21N5O3. The molecule has 1 N–H and O–H groups in total. The fraction of sp³-hybridized carbons (Fsp3) is 0.529. The van der Waals surface area contributed by atoms with Gasteiger partial charge in [0.1, 0.15) is 22.6 Å². The molecule has 4 heterocycles. The van der Waals surface area contributed by atoms with E-state index in [1.54, 1.807) is 23.3 Å². The molecule has 1 unspecified atom stereocenters. The van der Waals surface area contributed by atoms with Gasteiger partial charge in [0, 0.05) is 31.0 Å². The topological polar surface area (TPSA) is 93.4 Å². The lowest BCUT2D eigenvalue weighted by Crippen LogP contribution is -2.51. The number of β-amino-alcohol motifs (C(OH)–C–C–N with tert-alkyl or cyclic N) is 1. The quantitative estimate of drug-likeness (QED) is 0.834. The number of hydrogen-bond donors (Lipinski definition) is 1. The number of rotatable bonds is 3. The van der Waals surface area contributed by atoms with E-state index in [1.165, 1.54) is 0 Å². The Labute approximate surface area is 145 Å². The van der Waals surface area contributed by atoms with E-state index >= 15 is 0 Å². The molecule has 0 amide bonds. The van der Waals surface area contributed by atoms with Gasteiger partial charge in [-0.3, -0.25) is 0 Å². The Kier molecular flexibility index (Phi) is 3.54. The second kappa shape index (κ2) is 5.52. The predicted octanol–water partition coefficient (Wildman–Crippen LogP) is 1.11. The first-order chi connectivity index (χ1) is 11.9. The molecule has 0 bridgehead atoms. The molecule has 0 radical (unpaired) electrons. The first-order valence-corrected chi connectivity index (χ1v) is 8.42. The van der Waals surface area contributed by atoms with Crippen molar-refractivity contribution in [3.8, 4) is 0 Å². The first kappa shape index (κ1) is 16.0. The van der Waals surface area contributed by atoms with Crippen molar-refractivity contribution in [2.24, 2.45) is 0 Å².